The second-order valence-electron chi connectivity index (χ2n) is 5.80. The van der Waals surface area contributed by atoms with E-state index in [1.165, 1.54) is 10.9 Å². The van der Waals surface area contributed by atoms with Gasteiger partial charge < -0.3 is 5.11 Å². The van der Waals surface area contributed by atoms with E-state index in [0.717, 1.165) is 37.1 Å². The van der Waals surface area contributed by atoms with Crippen molar-refractivity contribution in [1.82, 2.24) is 9.88 Å². The fourth-order valence-electron chi connectivity index (χ4n) is 3.28. The zero-order valence-corrected chi connectivity index (χ0v) is 12.2. The molecule has 110 valence electrons. The van der Waals surface area contributed by atoms with Crippen LogP contribution in [0.2, 0.25) is 0 Å². The van der Waals surface area contributed by atoms with Crippen LogP contribution in [0.3, 0.4) is 0 Å². The van der Waals surface area contributed by atoms with Crippen molar-refractivity contribution in [2.45, 2.75) is 38.8 Å². The van der Waals surface area contributed by atoms with Gasteiger partial charge in [0.2, 0.25) is 0 Å². The highest BCUT2D eigenvalue weighted by atomic mass is 16.4. The normalized spacial score (nSPS) is 19.2. The van der Waals surface area contributed by atoms with Crippen molar-refractivity contribution < 1.29 is 9.90 Å². The zero-order valence-electron chi connectivity index (χ0n) is 12.2. The lowest BCUT2D eigenvalue weighted by Crippen LogP contribution is -2.31. The van der Waals surface area contributed by atoms with Crippen LogP contribution in [0.15, 0.2) is 30.3 Å². The summed E-state index contributed by atoms with van der Waals surface area (Å²) in [4.78, 5) is 17.8. The number of fused-ring (bicyclic) bond motifs is 1. The number of aryl methyl sites for hydroxylation is 1. The molecule has 4 heteroatoms. The number of benzene rings is 1. The molecule has 1 saturated heterocycles. The second kappa shape index (κ2) is 5.82. The Bertz CT molecular complexity index is 669. The van der Waals surface area contributed by atoms with Crippen LogP contribution in [-0.2, 0) is 11.3 Å². The highest BCUT2D eigenvalue weighted by Crippen LogP contribution is 2.26. The Morgan fingerprint density at radius 3 is 3.05 bits per heavy atom. The molecule has 1 unspecified atom stereocenters. The summed E-state index contributed by atoms with van der Waals surface area (Å²) in [6, 6.07) is 10.4. The fourth-order valence-corrected chi connectivity index (χ4v) is 3.28. The Labute approximate surface area is 124 Å². The van der Waals surface area contributed by atoms with E-state index in [1.807, 2.05) is 25.1 Å². The zero-order chi connectivity index (χ0) is 14.8. The summed E-state index contributed by atoms with van der Waals surface area (Å²) in [6.07, 6.45) is 2.30. The number of para-hydroxylation sites is 1. The van der Waals surface area contributed by atoms with Gasteiger partial charge in [-0.2, -0.15) is 0 Å². The van der Waals surface area contributed by atoms with Crippen molar-refractivity contribution in [3.05, 3.63) is 41.6 Å². The molecular weight excluding hydrogens is 264 g/mol. The Hall–Kier alpha value is -1.94. The summed E-state index contributed by atoms with van der Waals surface area (Å²) < 4.78 is 0. The lowest BCUT2D eigenvalue weighted by molar-refractivity contribution is -0.138. The topological polar surface area (TPSA) is 53.4 Å². The van der Waals surface area contributed by atoms with E-state index in [2.05, 4.69) is 22.0 Å². The first-order valence-corrected chi connectivity index (χ1v) is 7.44. The quantitative estimate of drug-likeness (QED) is 0.937. The van der Waals surface area contributed by atoms with Crippen molar-refractivity contribution in [2.24, 2.45) is 0 Å². The van der Waals surface area contributed by atoms with Crippen molar-refractivity contribution in [3.63, 3.8) is 0 Å². The fraction of sp³-hybridized carbons (Fsp3) is 0.412. The first-order valence-electron chi connectivity index (χ1n) is 7.44. The van der Waals surface area contributed by atoms with E-state index in [-0.39, 0.29) is 12.5 Å². The molecule has 1 aromatic carbocycles. The molecule has 0 aliphatic carbocycles. The van der Waals surface area contributed by atoms with Crippen molar-refractivity contribution in [3.8, 4) is 0 Å². The summed E-state index contributed by atoms with van der Waals surface area (Å²) in [6.45, 7) is 3.80. The van der Waals surface area contributed by atoms with Gasteiger partial charge in [-0.1, -0.05) is 18.2 Å². The number of carboxylic acid groups (broad SMARTS) is 1. The summed E-state index contributed by atoms with van der Waals surface area (Å²) in [5, 5.41) is 10.2. The minimum Gasteiger partial charge on any atom is -0.481 e. The standard InChI is InChI=1S/C17H20N2O2/c1-12-9-13(15-6-2-3-7-16(15)18-12)11-19-8-4-5-14(19)10-17(20)21/h2-3,6-7,9,14H,4-5,8,10-11H2,1H3,(H,20,21). The number of aromatic nitrogens is 1. The summed E-state index contributed by atoms with van der Waals surface area (Å²) in [5.74, 6) is -0.706. The molecule has 0 radical (unpaired) electrons. The number of pyridine rings is 1. The van der Waals surface area contributed by atoms with Gasteiger partial charge in [-0.15, -0.1) is 0 Å². The van der Waals surface area contributed by atoms with Gasteiger partial charge in [0.25, 0.3) is 0 Å². The van der Waals surface area contributed by atoms with Crippen molar-refractivity contribution in [2.75, 3.05) is 6.54 Å². The SMILES string of the molecule is Cc1cc(CN2CCCC2CC(=O)O)c2ccccc2n1. The van der Waals surface area contributed by atoms with Crippen LogP contribution in [0.5, 0.6) is 0 Å². The monoisotopic (exact) mass is 284 g/mol. The van der Waals surface area contributed by atoms with Gasteiger partial charge in [0.05, 0.1) is 11.9 Å². The van der Waals surface area contributed by atoms with Crippen LogP contribution >= 0.6 is 0 Å². The van der Waals surface area contributed by atoms with E-state index in [9.17, 15) is 4.79 Å². The van der Waals surface area contributed by atoms with Gasteiger partial charge in [0, 0.05) is 23.7 Å². The first kappa shape index (κ1) is 14.0. The van der Waals surface area contributed by atoms with Gasteiger partial charge in [-0.25, -0.2) is 0 Å². The Balaban J connectivity index is 1.89. The molecule has 0 saturated carbocycles. The highest BCUT2D eigenvalue weighted by Gasteiger charge is 2.26. The van der Waals surface area contributed by atoms with Gasteiger partial charge in [0.1, 0.15) is 0 Å². The molecule has 3 rings (SSSR count). The van der Waals surface area contributed by atoms with Crippen LogP contribution in [-0.4, -0.2) is 33.5 Å². The third-order valence-electron chi connectivity index (χ3n) is 4.21. The largest absolute Gasteiger partial charge is 0.481 e. The number of hydrogen-bond donors (Lipinski definition) is 1. The third-order valence-corrected chi connectivity index (χ3v) is 4.21. The van der Waals surface area contributed by atoms with E-state index >= 15 is 0 Å². The minimum absolute atomic E-state index is 0.162. The van der Waals surface area contributed by atoms with E-state index in [1.54, 1.807) is 0 Å². The Kier molecular flexibility index (Phi) is 3.88. The number of carbonyl (C=O) groups is 1. The molecular formula is C17H20N2O2. The average Bonchev–Trinajstić information content (AvgIpc) is 2.85. The summed E-state index contributed by atoms with van der Waals surface area (Å²) in [7, 11) is 0. The first-order chi connectivity index (χ1) is 10.1. The predicted octanol–water partition coefficient (Wildman–Crippen LogP) is 2.98. The van der Waals surface area contributed by atoms with Crippen LogP contribution in [0.1, 0.15) is 30.5 Å². The summed E-state index contributed by atoms with van der Waals surface area (Å²) >= 11 is 0. The van der Waals surface area contributed by atoms with Gasteiger partial charge >= 0.3 is 5.97 Å². The molecule has 1 aromatic heterocycles. The number of carboxylic acids is 1. The number of hydrogen-bond acceptors (Lipinski definition) is 3. The van der Waals surface area contributed by atoms with E-state index < -0.39 is 5.97 Å². The van der Waals surface area contributed by atoms with E-state index in [0.29, 0.717) is 0 Å². The predicted molar refractivity (Wildman–Crippen MR) is 82.2 cm³/mol. The molecule has 0 bridgehead atoms. The Morgan fingerprint density at radius 1 is 1.43 bits per heavy atom. The smallest absolute Gasteiger partial charge is 0.304 e. The molecule has 2 aromatic rings. The number of nitrogens with zero attached hydrogens (tertiary/aromatic N) is 2. The maximum absolute atomic E-state index is 11.0. The lowest BCUT2D eigenvalue weighted by Gasteiger charge is -2.24. The molecule has 1 atom stereocenters. The van der Waals surface area contributed by atoms with Crippen LogP contribution < -0.4 is 0 Å². The molecule has 1 N–H and O–H groups in total. The maximum atomic E-state index is 11.0. The molecule has 0 spiro atoms. The van der Waals surface area contributed by atoms with Gasteiger partial charge in [0.15, 0.2) is 0 Å². The molecule has 1 aliphatic rings. The minimum atomic E-state index is -0.706. The van der Waals surface area contributed by atoms with Crippen molar-refractivity contribution in [1.29, 1.82) is 0 Å². The summed E-state index contributed by atoms with van der Waals surface area (Å²) in [5.41, 5.74) is 3.27. The van der Waals surface area contributed by atoms with Crippen molar-refractivity contribution >= 4 is 16.9 Å². The molecule has 0 amide bonds. The van der Waals surface area contributed by atoms with Gasteiger partial charge in [-0.05, 0) is 44.0 Å². The molecule has 1 aliphatic heterocycles. The average molecular weight is 284 g/mol. The molecule has 2 heterocycles. The Morgan fingerprint density at radius 2 is 2.24 bits per heavy atom. The third kappa shape index (κ3) is 3.05. The van der Waals surface area contributed by atoms with Crippen LogP contribution in [0, 0.1) is 6.92 Å². The lowest BCUT2D eigenvalue weighted by atomic mass is 10.1. The number of aliphatic carboxylic acids is 1. The maximum Gasteiger partial charge on any atom is 0.304 e. The van der Waals surface area contributed by atoms with Gasteiger partial charge in [-0.3, -0.25) is 14.7 Å². The number of likely N-dealkylation sites (tertiary alicyclic amines) is 1. The number of rotatable bonds is 4. The second-order valence-corrected chi connectivity index (χ2v) is 5.80. The van der Waals surface area contributed by atoms with E-state index in [4.69, 9.17) is 5.11 Å². The molecule has 1 fully saturated rings. The highest BCUT2D eigenvalue weighted by molar-refractivity contribution is 5.82. The molecule has 21 heavy (non-hydrogen) atoms. The van der Waals surface area contributed by atoms with Crippen LogP contribution in [0.4, 0.5) is 0 Å². The van der Waals surface area contributed by atoms with Crippen LogP contribution in [0.25, 0.3) is 10.9 Å². The molecule has 4 nitrogen and oxygen atoms in total.